The number of aliphatic imine (C=N–C) groups is 1. The SMILES string of the molecule is CCCOP(=S)(NC=NC(C)CC)SCC. The highest BCUT2D eigenvalue weighted by molar-refractivity contribution is 8.68. The van der Waals surface area contributed by atoms with E-state index in [-0.39, 0.29) is 0 Å². The molecule has 2 atom stereocenters. The Hall–Kier alpha value is 0.430. The molecule has 0 aromatic rings. The van der Waals surface area contributed by atoms with Crippen LogP contribution in [0.25, 0.3) is 0 Å². The summed E-state index contributed by atoms with van der Waals surface area (Å²) in [6.45, 7) is 9.10. The summed E-state index contributed by atoms with van der Waals surface area (Å²) in [4.78, 5) is 4.35. The van der Waals surface area contributed by atoms with Gasteiger partial charge in [-0.2, -0.15) is 0 Å². The van der Waals surface area contributed by atoms with Gasteiger partial charge in [-0.3, -0.25) is 4.99 Å². The first-order chi connectivity index (χ1) is 7.58. The third-order valence-electron chi connectivity index (χ3n) is 1.90. The minimum atomic E-state index is -1.95. The van der Waals surface area contributed by atoms with Crippen molar-refractivity contribution in [2.45, 2.75) is 46.6 Å². The van der Waals surface area contributed by atoms with Crippen molar-refractivity contribution in [3.05, 3.63) is 0 Å². The molecule has 0 spiro atoms. The van der Waals surface area contributed by atoms with Crippen LogP contribution in [-0.4, -0.2) is 24.7 Å². The smallest absolute Gasteiger partial charge is 0.211 e. The first-order valence-electron chi connectivity index (χ1n) is 5.76. The molecule has 16 heavy (non-hydrogen) atoms. The van der Waals surface area contributed by atoms with Gasteiger partial charge in [-0.15, -0.1) is 0 Å². The lowest BCUT2D eigenvalue weighted by molar-refractivity contribution is 0.356. The summed E-state index contributed by atoms with van der Waals surface area (Å²) >= 11 is 7.18. The van der Waals surface area contributed by atoms with Gasteiger partial charge in [-0.1, -0.05) is 32.2 Å². The third-order valence-corrected chi connectivity index (χ3v) is 7.46. The Kier molecular flexibility index (Phi) is 9.71. The second-order valence-corrected chi connectivity index (χ2v) is 10.3. The molecular formula is C10H23N2OPS2. The molecule has 0 aromatic heterocycles. The van der Waals surface area contributed by atoms with E-state index in [2.05, 4.69) is 37.8 Å². The Bertz CT molecular complexity index is 249. The third kappa shape index (κ3) is 7.66. The van der Waals surface area contributed by atoms with Crippen LogP contribution < -0.4 is 5.09 Å². The van der Waals surface area contributed by atoms with Gasteiger partial charge in [0, 0.05) is 6.04 Å². The molecule has 6 heteroatoms. The van der Waals surface area contributed by atoms with E-state index in [0.29, 0.717) is 12.6 Å². The van der Waals surface area contributed by atoms with Crippen LogP contribution in [0.15, 0.2) is 4.99 Å². The topological polar surface area (TPSA) is 33.6 Å². The molecule has 0 heterocycles. The fourth-order valence-electron chi connectivity index (χ4n) is 0.830. The molecule has 0 radical (unpaired) electrons. The average Bonchev–Trinajstić information content (AvgIpc) is 2.26. The molecule has 0 fully saturated rings. The molecule has 1 N–H and O–H groups in total. The molecule has 0 saturated heterocycles. The molecule has 0 saturated carbocycles. The van der Waals surface area contributed by atoms with Gasteiger partial charge in [0.1, 0.15) is 0 Å². The van der Waals surface area contributed by atoms with E-state index < -0.39 is 5.62 Å². The number of nitrogens with one attached hydrogen (secondary N) is 1. The van der Waals surface area contributed by atoms with Gasteiger partial charge in [-0.05, 0) is 37.3 Å². The van der Waals surface area contributed by atoms with Gasteiger partial charge < -0.3 is 9.61 Å². The van der Waals surface area contributed by atoms with Gasteiger partial charge in [0.15, 0.2) is 0 Å². The van der Waals surface area contributed by atoms with Gasteiger partial charge >= 0.3 is 0 Å². The van der Waals surface area contributed by atoms with E-state index in [9.17, 15) is 0 Å². The highest BCUT2D eigenvalue weighted by atomic mass is 32.9. The van der Waals surface area contributed by atoms with E-state index in [1.54, 1.807) is 17.7 Å². The van der Waals surface area contributed by atoms with Crippen LogP contribution in [0.4, 0.5) is 0 Å². The number of hydrogen-bond acceptors (Lipinski definition) is 4. The van der Waals surface area contributed by atoms with Crippen molar-refractivity contribution in [3.63, 3.8) is 0 Å². The van der Waals surface area contributed by atoms with Crippen LogP contribution in [0.3, 0.4) is 0 Å². The lowest BCUT2D eigenvalue weighted by Gasteiger charge is -2.20. The minimum Gasteiger partial charge on any atom is -0.326 e. The highest BCUT2D eigenvalue weighted by Gasteiger charge is 2.15. The molecule has 2 unspecified atom stereocenters. The predicted molar refractivity (Wildman–Crippen MR) is 80.0 cm³/mol. The van der Waals surface area contributed by atoms with Crippen molar-refractivity contribution in [3.8, 4) is 0 Å². The zero-order valence-corrected chi connectivity index (χ0v) is 13.1. The Balaban J connectivity index is 4.21. The van der Waals surface area contributed by atoms with Crippen molar-refractivity contribution in [2.75, 3.05) is 12.4 Å². The van der Waals surface area contributed by atoms with Crippen LogP contribution in [-0.2, 0) is 16.3 Å². The second kappa shape index (κ2) is 9.46. The van der Waals surface area contributed by atoms with E-state index in [1.807, 2.05) is 0 Å². The molecule has 0 aromatic carbocycles. The van der Waals surface area contributed by atoms with E-state index in [4.69, 9.17) is 16.3 Å². The molecule has 0 bridgehead atoms. The highest BCUT2D eigenvalue weighted by Crippen LogP contribution is 2.55. The summed E-state index contributed by atoms with van der Waals surface area (Å²) in [5.41, 5.74) is -1.95. The van der Waals surface area contributed by atoms with Gasteiger partial charge in [0.25, 0.3) is 0 Å². The van der Waals surface area contributed by atoms with Gasteiger partial charge in [-0.25, -0.2) is 0 Å². The monoisotopic (exact) mass is 282 g/mol. The normalized spacial score (nSPS) is 17.2. The summed E-state index contributed by atoms with van der Waals surface area (Å²) in [5.74, 6) is 0.963. The van der Waals surface area contributed by atoms with Crippen LogP contribution in [0.1, 0.15) is 40.5 Å². The quantitative estimate of drug-likeness (QED) is 0.396. The second-order valence-electron chi connectivity index (χ2n) is 3.41. The fourth-order valence-corrected chi connectivity index (χ4v) is 5.17. The average molecular weight is 282 g/mol. The maximum Gasteiger partial charge on any atom is 0.211 e. The maximum absolute atomic E-state index is 5.72. The maximum atomic E-state index is 5.72. The first kappa shape index (κ1) is 16.4. The lowest BCUT2D eigenvalue weighted by Crippen LogP contribution is -2.10. The lowest BCUT2D eigenvalue weighted by atomic mass is 10.3. The van der Waals surface area contributed by atoms with Crippen LogP contribution in [0.2, 0.25) is 0 Å². The summed E-state index contributed by atoms with van der Waals surface area (Å²) in [6.07, 6.45) is 3.76. The Labute approximate surface area is 109 Å². The van der Waals surface area contributed by atoms with Crippen molar-refractivity contribution in [1.82, 2.24) is 5.09 Å². The first-order valence-corrected chi connectivity index (χ1v) is 10.1. The molecule has 96 valence electrons. The van der Waals surface area contributed by atoms with Crippen LogP contribution >= 0.6 is 17.0 Å². The van der Waals surface area contributed by atoms with Crippen molar-refractivity contribution in [2.24, 2.45) is 4.99 Å². The van der Waals surface area contributed by atoms with E-state index in [0.717, 1.165) is 18.6 Å². The zero-order valence-electron chi connectivity index (χ0n) is 10.6. The summed E-state index contributed by atoms with van der Waals surface area (Å²) in [6, 6.07) is 0.341. The van der Waals surface area contributed by atoms with Gasteiger partial charge in [0.05, 0.1) is 12.9 Å². The molecular weight excluding hydrogens is 259 g/mol. The largest absolute Gasteiger partial charge is 0.326 e. The summed E-state index contributed by atoms with van der Waals surface area (Å²) in [7, 11) is 0. The van der Waals surface area contributed by atoms with E-state index >= 15 is 0 Å². The van der Waals surface area contributed by atoms with Crippen LogP contribution in [0, 0.1) is 0 Å². The number of rotatable bonds is 9. The standard InChI is InChI=1S/C10H23N2OPS2/c1-5-8-13-14(15,16-7-3)12-9-11-10(4)6-2/h9-10H,5-8H2,1-4H3,(H,11,12,15). The minimum absolute atomic E-state index is 0.341. The molecule has 0 amide bonds. The van der Waals surface area contributed by atoms with Crippen LogP contribution in [0.5, 0.6) is 0 Å². The molecule has 0 aliphatic carbocycles. The Morgan fingerprint density at radius 2 is 2.19 bits per heavy atom. The van der Waals surface area contributed by atoms with E-state index in [1.165, 1.54) is 0 Å². The summed E-state index contributed by atoms with van der Waals surface area (Å²) in [5, 5.41) is 3.17. The van der Waals surface area contributed by atoms with Crippen molar-refractivity contribution >= 4 is 35.1 Å². The molecule has 0 rings (SSSR count). The number of hydrogen-bond donors (Lipinski definition) is 1. The molecule has 0 aliphatic rings. The Morgan fingerprint density at radius 3 is 2.69 bits per heavy atom. The Morgan fingerprint density at radius 1 is 1.50 bits per heavy atom. The zero-order chi connectivity index (χ0) is 12.4. The van der Waals surface area contributed by atoms with Crippen molar-refractivity contribution < 1.29 is 4.52 Å². The molecule has 3 nitrogen and oxygen atoms in total. The van der Waals surface area contributed by atoms with Crippen molar-refractivity contribution in [1.29, 1.82) is 0 Å². The summed E-state index contributed by atoms with van der Waals surface area (Å²) < 4.78 is 5.72. The number of nitrogens with zero attached hydrogens (tertiary/aromatic N) is 1. The van der Waals surface area contributed by atoms with Gasteiger partial charge in [0.2, 0.25) is 5.62 Å². The fraction of sp³-hybridized carbons (Fsp3) is 0.900. The predicted octanol–water partition coefficient (Wildman–Crippen LogP) is 3.81. The molecule has 0 aliphatic heterocycles.